The van der Waals surface area contributed by atoms with Gasteiger partial charge in [-0.05, 0) is 49.1 Å². The molecule has 194 valence electrons. The maximum atomic E-state index is 12.6. The number of ether oxygens (including phenoxy) is 1. The van der Waals surface area contributed by atoms with Gasteiger partial charge in [0.15, 0.2) is 5.82 Å². The van der Waals surface area contributed by atoms with Crippen molar-refractivity contribution in [2.45, 2.75) is 77.1 Å². The van der Waals surface area contributed by atoms with E-state index in [1.165, 1.54) is 0 Å². The first kappa shape index (κ1) is 28.3. The van der Waals surface area contributed by atoms with Crippen molar-refractivity contribution >= 4 is 11.8 Å². The van der Waals surface area contributed by atoms with Crippen molar-refractivity contribution in [2.75, 3.05) is 19.8 Å². The van der Waals surface area contributed by atoms with Crippen molar-refractivity contribution in [1.82, 2.24) is 30.8 Å². The molecule has 0 spiro atoms. The van der Waals surface area contributed by atoms with Gasteiger partial charge < -0.3 is 26.2 Å². The summed E-state index contributed by atoms with van der Waals surface area (Å²) >= 11 is 0. The van der Waals surface area contributed by atoms with Crippen molar-refractivity contribution in [3.63, 3.8) is 0 Å². The van der Waals surface area contributed by atoms with Crippen LogP contribution in [-0.4, -0.2) is 62.4 Å². The lowest BCUT2D eigenvalue weighted by atomic mass is 10.1. The Morgan fingerprint density at radius 3 is 2.60 bits per heavy atom. The van der Waals surface area contributed by atoms with Gasteiger partial charge in [0.25, 0.3) is 0 Å². The molecule has 0 aliphatic carbocycles. The van der Waals surface area contributed by atoms with Gasteiger partial charge in [-0.2, -0.15) is 0 Å². The predicted octanol–water partition coefficient (Wildman–Crippen LogP) is 1.23. The molecule has 5 N–H and O–H groups in total. The third kappa shape index (κ3) is 10.9. The fourth-order valence-corrected chi connectivity index (χ4v) is 3.31. The summed E-state index contributed by atoms with van der Waals surface area (Å²) in [6, 6.07) is 9.12. The topological polar surface area (TPSA) is 157 Å². The summed E-state index contributed by atoms with van der Waals surface area (Å²) in [6.45, 7) is 5.04. The van der Waals surface area contributed by atoms with Crippen molar-refractivity contribution in [1.29, 1.82) is 0 Å². The van der Waals surface area contributed by atoms with E-state index in [1.807, 2.05) is 30.3 Å². The van der Waals surface area contributed by atoms with E-state index in [4.69, 9.17) is 15.6 Å². The number of rotatable bonds is 17. The molecule has 0 aliphatic rings. The van der Waals surface area contributed by atoms with Crippen molar-refractivity contribution in [2.24, 2.45) is 5.73 Å². The quantitative estimate of drug-likeness (QED) is 0.242. The third-order valence-corrected chi connectivity index (χ3v) is 5.34. The number of aromatic nitrogens is 4. The zero-order valence-corrected chi connectivity index (χ0v) is 20.8. The first-order chi connectivity index (χ1) is 16.8. The van der Waals surface area contributed by atoms with E-state index in [2.05, 4.69) is 26.2 Å². The Kier molecular flexibility index (Phi) is 12.3. The van der Waals surface area contributed by atoms with Gasteiger partial charge in [0, 0.05) is 26.1 Å². The fraction of sp³-hybridized carbons (Fsp3) is 0.625. The second-order valence-corrected chi connectivity index (χ2v) is 9.10. The second kappa shape index (κ2) is 15.2. The lowest BCUT2D eigenvalue weighted by Crippen LogP contribution is -2.51. The average Bonchev–Trinajstić information content (AvgIpc) is 3.29. The predicted molar refractivity (Wildman–Crippen MR) is 131 cm³/mol. The van der Waals surface area contributed by atoms with E-state index >= 15 is 0 Å². The van der Waals surface area contributed by atoms with Crippen LogP contribution in [0.25, 0.3) is 0 Å². The molecule has 0 unspecified atom stereocenters. The standard InChI is InChI=1S/C24H39N7O4/c1-24(2,25)23(34)27-20(18-35-17-19-11-6-5-7-12-19)22-28-29-30-31(22)15-10-13-21(33)26-14-8-3-4-9-16-32/h5-7,11-12,20,32H,3-4,8-10,13-18,25H2,1-2H3,(H,26,33)(H,27,34)/t20-/m1/s1. The lowest BCUT2D eigenvalue weighted by molar-refractivity contribution is -0.126. The van der Waals surface area contributed by atoms with E-state index in [1.54, 1.807) is 18.5 Å². The summed E-state index contributed by atoms with van der Waals surface area (Å²) in [5, 5.41) is 26.5. The number of benzene rings is 1. The number of nitrogens with one attached hydrogen (secondary N) is 2. The number of hydrogen-bond acceptors (Lipinski definition) is 8. The first-order valence-electron chi connectivity index (χ1n) is 12.2. The van der Waals surface area contributed by atoms with Crippen LogP contribution in [-0.2, 0) is 27.5 Å². The molecule has 0 saturated carbocycles. The number of aryl methyl sites for hydroxylation is 1. The number of nitrogens with two attached hydrogens (primary N) is 1. The normalized spacial score (nSPS) is 12.3. The number of nitrogens with zero attached hydrogens (tertiary/aromatic N) is 4. The van der Waals surface area contributed by atoms with Gasteiger partial charge in [-0.1, -0.05) is 43.2 Å². The van der Waals surface area contributed by atoms with Crippen LogP contribution >= 0.6 is 0 Å². The minimum Gasteiger partial charge on any atom is -0.396 e. The van der Waals surface area contributed by atoms with Crippen molar-refractivity contribution in [3.05, 3.63) is 41.7 Å². The summed E-state index contributed by atoms with van der Waals surface area (Å²) in [7, 11) is 0. The molecule has 11 nitrogen and oxygen atoms in total. The Morgan fingerprint density at radius 2 is 1.89 bits per heavy atom. The van der Waals surface area contributed by atoms with Crippen LogP contribution in [0.3, 0.4) is 0 Å². The van der Waals surface area contributed by atoms with Gasteiger partial charge >= 0.3 is 0 Å². The Morgan fingerprint density at radius 1 is 1.14 bits per heavy atom. The van der Waals surface area contributed by atoms with E-state index in [0.717, 1.165) is 31.2 Å². The van der Waals surface area contributed by atoms with E-state index in [9.17, 15) is 9.59 Å². The molecule has 2 rings (SSSR count). The molecule has 2 aromatic rings. The lowest BCUT2D eigenvalue weighted by Gasteiger charge is -2.23. The number of unbranched alkanes of at least 4 members (excludes halogenated alkanes) is 3. The highest BCUT2D eigenvalue weighted by Gasteiger charge is 2.28. The highest BCUT2D eigenvalue weighted by atomic mass is 16.5. The molecule has 1 aromatic carbocycles. The van der Waals surface area contributed by atoms with Crippen LogP contribution < -0.4 is 16.4 Å². The Bertz CT molecular complexity index is 883. The molecule has 1 atom stereocenters. The number of amides is 2. The summed E-state index contributed by atoms with van der Waals surface area (Å²) in [5.41, 5.74) is 5.89. The molecule has 11 heteroatoms. The highest BCUT2D eigenvalue weighted by molar-refractivity contribution is 5.85. The number of aliphatic hydroxyl groups excluding tert-OH is 1. The first-order valence-corrected chi connectivity index (χ1v) is 12.2. The van der Waals surface area contributed by atoms with Gasteiger partial charge in [0.05, 0.1) is 18.8 Å². The van der Waals surface area contributed by atoms with Gasteiger partial charge in [-0.15, -0.1) is 5.10 Å². The monoisotopic (exact) mass is 489 g/mol. The summed E-state index contributed by atoms with van der Waals surface area (Å²) in [5.74, 6) is 0.0707. The Labute approximate surface area is 206 Å². The maximum absolute atomic E-state index is 12.6. The summed E-state index contributed by atoms with van der Waals surface area (Å²) in [6.07, 6.45) is 4.51. The molecule has 35 heavy (non-hydrogen) atoms. The van der Waals surface area contributed by atoms with Gasteiger partial charge in [-0.3, -0.25) is 9.59 Å². The third-order valence-electron chi connectivity index (χ3n) is 5.34. The molecule has 1 heterocycles. The number of aliphatic hydroxyl groups is 1. The summed E-state index contributed by atoms with van der Waals surface area (Å²) < 4.78 is 7.44. The van der Waals surface area contributed by atoms with Crippen LogP contribution in [0, 0.1) is 0 Å². The molecule has 2 amide bonds. The van der Waals surface area contributed by atoms with Crippen molar-refractivity contribution < 1.29 is 19.4 Å². The van der Waals surface area contributed by atoms with E-state index in [0.29, 0.717) is 38.4 Å². The summed E-state index contributed by atoms with van der Waals surface area (Å²) in [4.78, 5) is 24.7. The zero-order valence-electron chi connectivity index (χ0n) is 20.8. The molecular weight excluding hydrogens is 450 g/mol. The van der Waals surface area contributed by atoms with Crippen LogP contribution in [0.5, 0.6) is 0 Å². The Hall–Kier alpha value is -2.89. The number of carbonyl (C=O) groups excluding carboxylic acids is 2. The molecule has 1 aromatic heterocycles. The maximum Gasteiger partial charge on any atom is 0.240 e. The SMILES string of the molecule is CC(C)(N)C(=O)N[C@H](COCc1ccccc1)c1nnnn1CCCC(=O)NCCCCCCO. The van der Waals surface area contributed by atoms with Gasteiger partial charge in [-0.25, -0.2) is 4.68 Å². The smallest absolute Gasteiger partial charge is 0.240 e. The molecule has 0 fully saturated rings. The van der Waals surface area contributed by atoms with Gasteiger partial charge in [0.1, 0.15) is 6.04 Å². The van der Waals surface area contributed by atoms with Crippen LogP contribution in [0.2, 0.25) is 0 Å². The average molecular weight is 490 g/mol. The number of hydrogen-bond donors (Lipinski definition) is 4. The van der Waals surface area contributed by atoms with E-state index < -0.39 is 11.6 Å². The molecule has 0 bridgehead atoms. The largest absolute Gasteiger partial charge is 0.396 e. The van der Waals surface area contributed by atoms with E-state index in [-0.39, 0.29) is 25.0 Å². The minimum atomic E-state index is -1.08. The zero-order chi connectivity index (χ0) is 25.5. The molecular formula is C24H39N7O4. The molecule has 0 radical (unpaired) electrons. The van der Waals surface area contributed by atoms with Crippen LogP contribution in [0.15, 0.2) is 30.3 Å². The number of tetrazole rings is 1. The second-order valence-electron chi connectivity index (χ2n) is 9.10. The van der Waals surface area contributed by atoms with Crippen LogP contribution in [0.4, 0.5) is 0 Å². The molecule has 0 aliphatic heterocycles. The number of carbonyl (C=O) groups is 2. The Balaban J connectivity index is 1.89. The highest BCUT2D eigenvalue weighted by Crippen LogP contribution is 2.14. The van der Waals surface area contributed by atoms with Crippen LogP contribution in [0.1, 0.15) is 69.8 Å². The van der Waals surface area contributed by atoms with Crippen molar-refractivity contribution in [3.8, 4) is 0 Å². The van der Waals surface area contributed by atoms with Gasteiger partial charge in [0.2, 0.25) is 11.8 Å². The fourth-order valence-electron chi connectivity index (χ4n) is 3.31. The molecule has 0 saturated heterocycles. The minimum absolute atomic E-state index is 0.0253.